The Morgan fingerprint density at radius 2 is 2.10 bits per heavy atom. The molecule has 0 amide bonds. The monoisotopic (exact) mass is 271 g/mol. The number of imidazole rings is 1. The number of nitrogens with one attached hydrogen (secondary N) is 1. The number of hydrogen-bond donors (Lipinski definition) is 1. The zero-order valence-corrected chi connectivity index (χ0v) is 12.9. The second-order valence-electron chi connectivity index (χ2n) is 6.03. The molecule has 20 heavy (non-hydrogen) atoms. The predicted octanol–water partition coefficient (Wildman–Crippen LogP) is 3.62. The predicted molar refractivity (Wildman–Crippen MR) is 85.7 cm³/mol. The smallest absolute Gasteiger partial charge is 0.137 e. The van der Waals surface area contributed by atoms with Crippen LogP contribution >= 0.6 is 0 Å². The first kappa shape index (κ1) is 14.8. The Bertz CT molecular complexity index is 546. The minimum atomic E-state index is 0.527. The van der Waals surface area contributed by atoms with Crippen molar-refractivity contribution in [3.63, 3.8) is 0 Å². The molecule has 2 heterocycles. The van der Waals surface area contributed by atoms with Gasteiger partial charge in [0, 0.05) is 18.9 Å². The minimum absolute atomic E-state index is 0.527. The van der Waals surface area contributed by atoms with E-state index in [-0.39, 0.29) is 0 Å². The SMILES string of the molecule is CC(C)CNCC(=Cc1cn2ccccc2n1)C(C)C. The zero-order valence-electron chi connectivity index (χ0n) is 12.9. The van der Waals surface area contributed by atoms with Crippen LogP contribution in [0.2, 0.25) is 0 Å². The van der Waals surface area contributed by atoms with Gasteiger partial charge in [0.05, 0.1) is 5.69 Å². The molecule has 0 aliphatic rings. The third-order valence-corrected chi connectivity index (χ3v) is 3.34. The van der Waals surface area contributed by atoms with Crippen LogP contribution in [0, 0.1) is 11.8 Å². The third kappa shape index (κ3) is 3.94. The van der Waals surface area contributed by atoms with Crippen LogP contribution in [0.25, 0.3) is 11.7 Å². The normalized spacial score (nSPS) is 12.8. The lowest BCUT2D eigenvalue weighted by atomic mass is 10.0. The van der Waals surface area contributed by atoms with Crippen LogP contribution in [-0.4, -0.2) is 22.5 Å². The molecule has 2 aromatic heterocycles. The van der Waals surface area contributed by atoms with Gasteiger partial charge in [-0.3, -0.25) is 0 Å². The number of fused-ring (bicyclic) bond motifs is 1. The molecular weight excluding hydrogens is 246 g/mol. The summed E-state index contributed by atoms with van der Waals surface area (Å²) >= 11 is 0. The Morgan fingerprint density at radius 1 is 1.30 bits per heavy atom. The molecule has 0 aliphatic heterocycles. The first-order valence-corrected chi connectivity index (χ1v) is 7.41. The van der Waals surface area contributed by atoms with Crippen LogP contribution in [-0.2, 0) is 0 Å². The van der Waals surface area contributed by atoms with Gasteiger partial charge in [-0.15, -0.1) is 0 Å². The fourth-order valence-electron chi connectivity index (χ4n) is 2.14. The summed E-state index contributed by atoms with van der Waals surface area (Å²) in [6.45, 7) is 10.9. The average molecular weight is 271 g/mol. The summed E-state index contributed by atoms with van der Waals surface area (Å²) in [6.07, 6.45) is 6.33. The molecule has 0 fully saturated rings. The molecule has 2 rings (SSSR count). The Kier molecular flexibility index (Phi) is 4.96. The van der Waals surface area contributed by atoms with Crippen LogP contribution in [0.4, 0.5) is 0 Å². The zero-order chi connectivity index (χ0) is 14.5. The maximum Gasteiger partial charge on any atom is 0.137 e. The van der Waals surface area contributed by atoms with Gasteiger partial charge < -0.3 is 9.72 Å². The van der Waals surface area contributed by atoms with E-state index in [0.29, 0.717) is 11.8 Å². The molecule has 108 valence electrons. The molecule has 3 nitrogen and oxygen atoms in total. The largest absolute Gasteiger partial charge is 0.313 e. The molecule has 3 heteroatoms. The van der Waals surface area contributed by atoms with Crippen molar-refractivity contribution in [3.8, 4) is 0 Å². The van der Waals surface area contributed by atoms with Crippen molar-refractivity contribution in [1.82, 2.24) is 14.7 Å². The van der Waals surface area contributed by atoms with E-state index in [1.807, 2.05) is 24.4 Å². The average Bonchev–Trinajstić information content (AvgIpc) is 2.79. The van der Waals surface area contributed by atoms with Crippen LogP contribution in [0.1, 0.15) is 33.4 Å². The molecule has 0 saturated heterocycles. The van der Waals surface area contributed by atoms with E-state index in [0.717, 1.165) is 24.4 Å². The van der Waals surface area contributed by atoms with E-state index in [4.69, 9.17) is 0 Å². The summed E-state index contributed by atoms with van der Waals surface area (Å²) in [5, 5.41) is 3.52. The van der Waals surface area contributed by atoms with Gasteiger partial charge in [0.25, 0.3) is 0 Å². The maximum atomic E-state index is 4.64. The van der Waals surface area contributed by atoms with Crippen molar-refractivity contribution in [2.75, 3.05) is 13.1 Å². The van der Waals surface area contributed by atoms with E-state index in [2.05, 4.69) is 54.7 Å². The van der Waals surface area contributed by atoms with Gasteiger partial charge in [-0.2, -0.15) is 0 Å². The highest BCUT2D eigenvalue weighted by molar-refractivity contribution is 5.54. The Labute approximate surface area is 121 Å². The molecule has 0 bridgehead atoms. The summed E-state index contributed by atoms with van der Waals surface area (Å²) < 4.78 is 2.06. The van der Waals surface area contributed by atoms with Crippen LogP contribution < -0.4 is 5.32 Å². The van der Waals surface area contributed by atoms with Crippen LogP contribution in [0.15, 0.2) is 36.2 Å². The van der Waals surface area contributed by atoms with Crippen LogP contribution in [0.3, 0.4) is 0 Å². The molecule has 0 atom stereocenters. The van der Waals surface area contributed by atoms with Crippen molar-refractivity contribution in [1.29, 1.82) is 0 Å². The number of aromatic nitrogens is 2. The topological polar surface area (TPSA) is 29.3 Å². The summed E-state index contributed by atoms with van der Waals surface area (Å²) in [4.78, 5) is 4.64. The molecule has 0 unspecified atom stereocenters. The highest BCUT2D eigenvalue weighted by Gasteiger charge is 2.06. The highest BCUT2D eigenvalue weighted by Crippen LogP contribution is 2.14. The minimum Gasteiger partial charge on any atom is -0.313 e. The molecule has 0 aromatic carbocycles. The highest BCUT2D eigenvalue weighted by atomic mass is 15.0. The van der Waals surface area contributed by atoms with Crippen LogP contribution in [0.5, 0.6) is 0 Å². The Balaban J connectivity index is 2.15. The first-order chi connectivity index (χ1) is 9.56. The van der Waals surface area contributed by atoms with E-state index in [1.165, 1.54) is 5.57 Å². The molecule has 2 aromatic rings. The van der Waals surface area contributed by atoms with Crippen molar-refractivity contribution in [2.24, 2.45) is 11.8 Å². The van der Waals surface area contributed by atoms with Gasteiger partial charge in [-0.25, -0.2) is 4.98 Å². The van der Waals surface area contributed by atoms with Crippen molar-refractivity contribution < 1.29 is 0 Å². The lowest BCUT2D eigenvalue weighted by Gasteiger charge is -2.13. The number of rotatable bonds is 6. The van der Waals surface area contributed by atoms with E-state index >= 15 is 0 Å². The van der Waals surface area contributed by atoms with E-state index < -0.39 is 0 Å². The molecule has 0 aliphatic carbocycles. The van der Waals surface area contributed by atoms with Crippen molar-refractivity contribution in [3.05, 3.63) is 41.9 Å². The van der Waals surface area contributed by atoms with Gasteiger partial charge in [-0.05, 0) is 36.6 Å². The van der Waals surface area contributed by atoms with Gasteiger partial charge >= 0.3 is 0 Å². The molecular formula is C17H25N3. The maximum absolute atomic E-state index is 4.64. The quantitative estimate of drug-likeness (QED) is 0.869. The number of hydrogen-bond acceptors (Lipinski definition) is 2. The van der Waals surface area contributed by atoms with Gasteiger partial charge in [0.15, 0.2) is 0 Å². The lowest BCUT2D eigenvalue weighted by molar-refractivity contribution is 0.558. The standard InChI is InChI=1S/C17H25N3/c1-13(2)10-18-11-15(14(3)4)9-16-12-20-8-6-5-7-17(20)19-16/h5-9,12-14,18H,10-11H2,1-4H3. The summed E-state index contributed by atoms with van der Waals surface area (Å²) in [5.74, 6) is 1.21. The molecule has 0 radical (unpaired) electrons. The molecule has 0 saturated carbocycles. The van der Waals surface area contributed by atoms with Gasteiger partial charge in [0.2, 0.25) is 0 Å². The summed E-state index contributed by atoms with van der Waals surface area (Å²) in [6, 6.07) is 6.07. The Morgan fingerprint density at radius 3 is 2.75 bits per heavy atom. The summed E-state index contributed by atoms with van der Waals surface area (Å²) in [5.41, 5.74) is 3.43. The lowest BCUT2D eigenvalue weighted by Crippen LogP contribution is -2.23. The molecule has 1 N–H and O–H groups in total. The third-order valence-electron chi connectivity index (χ3n) is 3.34. The Hall–Kier alpha value is -1.61. The van der Waals surface area contributed by atoms with Gasteiger partial charge in [-0.1, -0.05) is 39.3 Å². The molecule has 0 spiro atoms. The van der Waals surface area contributed by atoms with Gasteiger partial charge in [0.1, 0.15) is 5.65 Å². The van der Waals surface area contributed by atoms with Crippen molar-refractivity contribution >= 4 is 11.7 Å². The van der Waals surface area contributed by atoms with E-state index in [1.54, 1.807) is 0 Å². The number of nitrogens with zero attached hydrogens (tertiary/aromatic N) is 2. The first-order valence-electron chi connectivity index (χ1n) is 7.41. The van der Waals surface area contributed by atoms with E-state index in [9.17, 15) is 0 Å². The second-order valence-corrected chi connectivity index (χ2v) is 6.03. The fourth-order valence-corrected chi connectivity index (χ4v) is 2.14. The summed E-state index contributed by atoms with van der Waals surface area (Å²) in [7, 11) is 0. The second kappa shape index (κ2) is 6.71. The fraction of sp³-hybridized carbons (Fsp3) is 0.471. The number of pyridine rings is 1. The van der Waals surface area contributed by atoms with Crippen molar-refractivity contribution in [2.45, 2.75) is 27.7 Å².